The number of nitrogens with zero attached hydrogens (tertiary/aromatic N) is 2. The Morgan fingerprint density at radius 2 is 2.18 bits per heavy atom. The van der Waals surface area contributed by atoms with Crippen LogP contribution in [-0.4, -0.2) is 22.9 Å². The van der Waals surface area contributed by atoms with Gasteiger partial charge < -0.3 is 4.74 Å². The molecule has 1 fully saturated rings. The number of carbonyl (C=O) groups excluding carboxylic acids is 1. The molecule has 1 aromatic rings. The summed E-state index contributed by atoms with van der Waals surface area (Å²) in [7, 11) is 1.17. The molecule has 1 saturated carbocycles. The lowest BCUT2D eigenvalue weighted by Crippen LogP contribution is -2.13. The average Bonchev–Trinajstić information content (AvgIpc) is 2.95. The number of ether oxygens (including phenoxy) is 1. The van der Waals surface area contributed by atoms with Crippen molar-refractivity contribution in [3.63, 3.8) is 0 Å². The molecule has 1 aliphatic carbocycles. The molecule has 1 aliphatic rings. The Bertz CT molecular complexity index is 412. The minimum absolute atomic E-state index is 0.0163. The van der Waals surface area contributed by atoms with Gasteiger partial charge in [0.15, 0.2) is 0 Å². The minimum Gasteiger partial charge on any atom is -0.465 e. The van der Waals surface area contributed by atoms with Crippen molar-refractivity contribution in [2.24, 2.45) is 0 Å². The maximum absolute atomic E-state index is 13.0. The smallest absolute Gasteiger partial charge is 0.341 e. The highest BCUT2D eigenvalue weighted by Crippen LogP contribution is 2.34. The second-order valence-corrected chi connectivity index (χ2v) is 4.12. The van der Waals surface area contributed by atoms with Crippen LogP contribution in [0.1, 0.15) is 54.2 Å². The molecule has 4 nitrogen and oxygen atoms in total. The molecule has 17 heavy (non-hydrogen) atoms. The summed E-state index contributed by atoms with van der Waals surface area (Å²) >= 11 is 0. The van der Waals surface area contributed by atoms with Crippen molar-refractivity contribution in [1.29, 1.82) is 0 Å². The number of hydrogen-bond donors (Lipinski definition) is 0. The van der Waals surface area contributed by atoms with Crippen molar-refractivity contribution >= 4 is 5.97 Å². The molecule has 0 atom stereocenters. The Balaban J connectivity index is 2.38. The van der Waals surface area contributed by atoms with Gasteiger partial charge in [-0.25, -0.2) is 13.6 Å². The molecule has 0 aliphatic heterocycles. The summed E-state index contributed by atoms with van der Waals surface area (Å²) in [6.45, 7) is 0. The number of aromatic nitrogens is 2. The van der Waals surface area contributed by atoms with Gasteiger partial charge in [-0.1, -0.05) is 12.8 Å². The van der Waals surface area contributed by atoms with Crippen LogP contribution < -0.4 is 0 Å². The van der Waals surface area contributed by atoms with Crippen molar-refractivity contribution in [2.75, 3.05) is 7.11 Å². The number of esters is 1. The molecule has 1 heterocycles. The van der Waals surface area contributed by atoms with Crippen LogP contribution >= 0.6 is 0 Å². The second-order valence-electron chi connectivity index (χ2n) is 4.12. The molecule has 0 bridgehead atoms. The average molecular weight is 244 g/mol. The number of halogens is 2. The van der Waals surface area contributed by atoms with E-state index >= 15 is 0 Å². The predicted molar refractivity (Wildman–Crippen MR) is 56.0 cm³/mol. The number of rotatable bonds is 3. The first kappa shape index (κ1) is 12.0. The Kier molecular flexibility index (Phi) is 3.40. The van der Waals surface area contributed by atoms with Crippen LogP contribution in [0.3, 0.4) is 0 Å². The summed E-state index contributed by atoms with van der Waals surface area (Å²) in [4.78, 5) is 11.4. The molecule has 0 spiro atoms. The summed E-state index contributed by atoms with van der Waals surface area (Å²) < 4.78 is 31.8. The van der Waals surface area contributed by atoms with Crippen molar-refractivity contribution in [3.05, 3.63) is 17.5 Å². The van der Waals surface area contributed by atoms with Gasteiger partial charge in [0.2, 0.25) is 0 Å². The molecule has 0 N–H and O–H groups in total. The maximum atomic E-state index is 13.0. The molecule has 0 amide bonds. The summed E-state index contributed by atoms with van der Waals surface area (Å²) in [5.41, 5.74) is -0.446. The second kappa shape index (κ2) is 4.81. The fraction of sp³-hybridized carbons (Fsp3) is 0.636. The highest BCUT2D eigenvalue weighted by atomic mass is 19.3. The molecule has 0 aromatic carbocycles. The number of hydrogen-bond acceptors (Lipinski definition) is 3. The number of methoxy groups -OCH3 is 1. The molecule has 6 heteroatoms. The van der Waals surface area contributed by atoms with E-state index in [0.29, 0.717) is 0 Å². The van der Waals surface area contributed by atoms with Crippen LogP contribution in [0.4, 0.5) is 8.78 Å². The van der Waals surface area contributed by atoms with Crippen molar-refractivity contribution in [1.82, 2.24) is 9.78 Å². The fourth-order valence-electron chi connectivity index (χ4n) is 2.30. The molecule has 2 rings (SSSR count). The maximum Gasteiger partial charge on any atom is 0.341 e. The fourth-order valence-corrected chi connectivity index (χ4v) is 2.30. The van der Waals surface area contributed by atoms with E-state index in [1.807, 2.05) is 0 Å². The zero-order valence-electron chi connectivity index (χ0n) is 9.53. The van der Waals surface area contributed by atoms with E-state index in [0.717, 1.165) is 25.7 Å². The van der Waals surface area contributed by atoms with Gasteiger partial charge in [0.1, 0.15) is 11.3 Å². The molecular formula is C11H14F2N2O2. The topological polar surface area (TPSA) is 44.1 Å². The highest BCUT2D eigenvalue weighted by Gasteiger charge is 2.29. The monoisotopic (exact) mass is 244 g/mol. The lowest BCUT2D eigenvalue weighted by Gasteiger charge is -2.14. The van der Waals surface area contributed by atoms with Crippen LogP contribution in [0.5, 0.6) is 0 Å². The molecule has 94 valence electrons. The summed E-state index contributed by atoms with van der Waals surface area (Å²) in [5, 5.41) is 3.92. The van der Waals surface area contributed by atoms with Crippen LogP contribution in [0.15, 0.2) is 6.20 Å². The zero-order valence-corrected chi connectivity index (χ0v) is 9.53. The van der Waals surface area contributed by atoms with Crippen molar-refractivity contribution in [2.45, 2.75) is 38.2 Å². The van der Waals surface area contributed by atoms with E-state index in [2.05, 4.69) is 9.84 Å². The Labute approximate surface area is 97.6 Å². The highest BCUT2D eigenvalue weighted by molar-refractivity contribution is 5.90. The van der Waals surface area contributed by atoms with Gasteiger partial charge in [0.25, 0.3) is 6.43 Å². The molecule has 1 aromatic heterocycles. The van der Waals surface area contributed by atoms with E-state index in [-0.39, 0.29) is 17.3 Å². The third-order valence-corrected chi connectivity index (χ3v) is 3.12. The van der Waals surface area contributed by atoms with E-state index in [9.17, 15) is 13.6 Å². The third-order valence-electron chi connectivity index (χ3n) is 3.12. The SMILES string of the molecule is COC(=O)c1cnn(C2CCCC2)c1C(F)F. The van der Waals surface area contributed by atoms with Crippen LogP contribution in [0, 0.1) is 0 Å². The van der Waals surface area contributed by atoms with Gasteiger partial charge >= 0.3 is 5.97 Å². The van der Waals surface area contributed by atoms with Gasteiger partial charge in [0, 0.05) is 0 Å². The molecule has 0 radical (unpaired) electrons. The standard InChI is InChI=1S/C11H14F2N2O2/c1-17-11(16)8-6-14-15(9(8)10(12)13)7-4-2-3-5-7/h6-7,10H,2-5H2,1H3. The first-order chi connectivity index (χ1) is 8.15. The lowest BCUT2D eigenvalue weighted by atomic mass is 10.2. The first-order valence-corrected chi connectivity index (χ1v) is 5.59. The summed E-state index contributed by atoms with van der Waals surface area (Å²) in [6.07, 6.45) is 2.16. The number of carbonyl (C=O) groups is 1. The van der Waals surface area contributed by atoms with Gasteiger partial charge in [-0.3, -0.25) is 4.68 Å². The Hall–Kier alpha value is -1.46. The Morgan fingerprint density at radius 1 is 1.53 bits per heavy atom. The van der Waals surface area contributed by atoms with E-state index < -0.39 is 12.4 Å². The van der Waals surface area contributed by atoms with Gasteiger partial charge in [-0.15, -0.1) is 0 Å². The lowest BCUT2D eigenvalue weighted by molar-refractivity contribution is 0.0586. The number of alkyl halides is 2. The first-order valence-electron chi connectivity index (χ1n) is 5.59. The largest absolute Gasteiger partial charge is 0.465 e. The summed E-state index contributed by atoms with van der Waals surface area (Å²) in [6, 6.07) is -0.0163. The van der Waals surface area contributed by atoms with Gasteiger partial charge in [-0.2, -0.15) is 5.10 Å². The quantitative estimate of drug-likeness (QED) is 0.768. The van der Waals surface area contributed by atoms with Crippen LogP contribution in [0.2, 0.25) is 0 Å². The van der Waals surface area contributed by atoms with E-state index in [4.69, 9.17) is 0 Å². The van der Waals surface area contributed by atoms with E-state index in [1.165, 1.54) is 18.0 Å². The zero-order chi connectivity index (χ0) is 12.4. The molecule has 0 saturated heterocycles. The van der Waals surface area contributed by atoms with Crippen LogP contribution in [-0.2, 0) is 4.74 Å². The van der Waals surface area contributed by atoms with Crippen molar-refractivity contribution < 1.29 is 18.3 Å². The van der Waals surface area contributed by atoms with Gasteiger partial charge in [-0.05, 0) is 12.8 Å². The molecular weight excluding hydrogens is 230 g/mol. The minimum atomic E-state index is -2.72. The molecule has 0 unspecified atom stereocenters. The van der Waals surface area contributed by atoms with E-state index in [1.54, 1.807) is 0 Å². The van der Waals surface area contributed by atoms with Gasteiger partial charge in [0.05, 0.1) is 19.3 Å². The Morgan fingerprint density at radius 3 is 2.71 bits per heavy atom. The third kappa shape index (κ3) is 2.16. The van der Waals surface area contributed by atoms with Crippen LogP contribution in [0.25, 0.3) is 0 Å². The summed E-state index contributed by atoms with van der Waals surface area (Å²) in [5.74, 6) is -0.760. The van der Waals surface area contributed by atoms with Crippen molar-refractivity contribution in [3.8, 4) is 0 Å². The normalized spacial score (nSPS) is 16.7. The predicted octanol–water partition coefficient (Wildman–Crippen LogP) is 2.72.